The van der Waals surface area contributed by atoms with E-state index in [4.69, 9.17) is 4.74 Å². The molecule has 0 aromatic carbocycles. The molecule has 1 fully saturated rings. The van der Waals surface area contributed by atoms with Crippen molar-refractivity contribution in [3.05, 3.63) is 0 Å². The summed E-state index contributed by atoms with van der Waals surface area (Å²) in [6.07, 6.45) is 1.21. The maximum atomic E-state index is 5.08. The van der Waals surface area contributed by atoms with Crippen LogP contribution < -0.4 is 15.4 Å². The number of methoxy groups -OCH3 is 1. The van der Waals surface area contributed by atoms with Crippen molar-refractivity contribution in [3.8, 4) is 6.01 Å². The average Bonchev–Trinajstić information content (AvgIpc) is 2.82. The third kappa shape index (κ3) is 3.92. The molecule has 1 aliphatic rings. The van der Waals surface area contributed by atoms with E-state index in [0.29, 0.717) is 23.8 Å². The molecule has 0 spiro atoms. The van der Waals surface area contributed by atoms with Crippen LogP contribution in [0.2, 0.25) is 0 Å². The Bertz CT molecular complexity index is 413. The highest BCUT2D eigenvalue weighted by Crippen LogP contribution is 2.16. The molecule has 106 valence electrons. The zero-order valence-corrected chi connectivity index (χ0v) is 11.8. The molecule has 0 bridgehead atoms. The van der Waals surface area contributed by atoms with E-state index in [1.165, 1.54) is 6.42 Å². The van der Waals surface area contributed by atoms with Gasteiger partial charge in [-0.15, -0.1) is 0 Å². The van der Waals surface area contributed by atoms with E-state index in [-0.39, 0.29) is 0 Å². The van der Waals surface area contributed by atoms with E-state index in [9.17, 15) is 0 Å². The lowest BCUT2D eigenvalue weighted by atomic mass is 10.1. The molecule has 1 aromatic heterocycles. The molecule has 0 aliphatic carbocycles. The minimum atomic E-state index is 0.331. The number of nitrogens with zero attached hydrogens (tertiary/aromatic N) is 4. The van der Waals surface area contributed by atoms with Crippen LogP contribution in [0, 0.1) is 5.92 Å². The van der Waals surface area contributed by atoms with Crippen molar-refractivity contribution in [2.24, 2.45) is 5.92 Å². The lowest BCUT2D eigenvalue weighted by Crippen LogP contribution is -2.20. The quantitative estimate of drug-likeness (QED) is 0.784. The second-order valence-electron chi connectivity index (χ2n) is 4.80. The van der Waals surface area contributed by atoms with E-state index < -0.39 is 0 Å². The molecule has 2 rings (SSSR count). The van der Waals surface area contributed by atoms with Gasteiger partial charge in [0.05, 0.1) is 7.11 Å². The molecule has 19 heavy (non-hydrogen) atoms. The number of nitrogens with one attached hydrogen (secondary N) is 2. The van der Waals surface area contributed by atoms with Crippen LogP contribution in [0.1, 0.15) is 13.3 Å². The van der Waals surface area contributed by atoms with Crippen LogP contribution in [0.5, 0.6) is 6.01 Å². The van der Waals surface area contributed by atoms with Gasteiger partial charge >= 0.3 is 6.01 Å². The molecule has 7 heteroatoms. The molecule has 2 heterocycles. The first kappa shape index (κ1) is 13.8. The van der Waals surface area contributed by atoms with Crippen molar-refractivity contribution in [2.75, 3.05) is 51.0 Å². The third-order valence-electron chi connectivity index (χ3n) is 3.17. The highest BCUT2D eigenvalue weighted by molar-refractivity contribution is 5.35. The van der Waals surface area contributed by atoms with Crippen LogP contribution in [-0.4, -0.2) is 60.2 Å². The van der Waals surface area contributed by atoms with Gasteiger partial charge in [0, 0.05) is 19.6 Å². The van der Waals surface area contributed by atoms with Gasteiger partial charge in [-0.3, -0.25) is 0 Å². The Kier molecular flexibility index (Phi) is 4.73. The van der Waals surface area contributed by atoms with Gasteiger partial charge in [-0.2, -0.15) is 15.0 Å². The average molecular weight is 266 g/mol. The Morgan fingerprint density at radius 1 is 1.26 bits per heavy atom. The predicted octanol–water partition coefficient (Wildman–Crippen LogP) is 0.676. The van der Waals surface area contributed by atoms with Crippen molar-refractivity contribution in [1.29, 1.82) is 0 Å². The monoisotopic (exact) mass is 266 g/mol. The standard InChI is InChI=1S/C12H22N6O/c1-4-13-10-15-11(17-12(16-10)19-3)14-7-9-5-6-18(2)8-9/h9H,4-8H2,1-3H3,(H2,13,14,15,16,17). The number of hydrogen-bond donors (Lipinski definition) is 2. The Balaban J connectivity index is 1.96. The SMILES string of the molecule is CCNc1nc(NCC2CCN(C)C2)nc(OC)n1. The Hall–Kier alpha value is -1.63. The Labute approximate surface area is 113 Å². The van der Waals surface area contributed by atoms with Crippen molar-refractivity contribution in [2.45, 2.75) is 13.3 Å². The van der Waals surface area contributed by atoms with Crippen molar-refractivity contribution in [1.82, 2.24) is 19.9 Å². The van der Waals surface area contributed by atoms with Crippen molar-refractivity contribution < 1.29 is 4.74 Å². The van der Waals surface area contributed by atoms with Crippen LogP contribution in [0.25, 0.3) is 0 Å². The highest BCUT2D eigenvalue weighted by Gasteiger charge is 2.19. The van der Waals surface area contributed by atoms with E-state index in [1.54, 1.807) is 7.11 Å². The molecular weight excluding hydrogens is 244 g/mol. The number of hydrogen-bond acceptors (Lipinski definition) is 7. The van der Waals surface area contributed by atoms with Crippen LogP contribution in [0.3, 0.4) is 0 Å². The lowest BCUT2D eigenvalue weighted by molar-refractivity contribution is 0.379. The maximum absolute atomic E-state index is 5.08. The highest BCUT2D eigenvalue weighted by atomic mass is 16.5. The van der Waals surface area contributed by atoms with Crippen molar-refractivity contribution in [3.63, 3.8) is 0 Å². The second-order valence-corrected chi connectivity index (χ2v) is 4.80. The lowest BCUT2D eigenvalue weighted by Gasteiger charge is -2.12. The minimum Gasteiger partial charge on any atom is -0.467 e. The largest absolute Gasteiger partial charge is 0.467 e. The van der Waals surface area contributed by atoms with Crippen molar-refractivity contribution >= 4 is 11.9 Å². The maximum Gasteiger partial charge on any atom is 0.322 e. The molecule has 1 unspecified atom stereocenters. The first-order chi connectivity index (χ1) is 9.21. The first-order valence-electron chi connectivity index (χ1n) is 6.67. The van der Waals surface area contributed by atoms with Gasteiger partial charge in [0.2, 0.25) is 11.9 Å². The second kappa shape index (κ2) is 6.51. The Morgan fingerprint density at radius 2 is 2.00 bits per heavy atom. The van der Waals surface area contributed by atoms with E-state index in [2.05, 4.69) is 37.5 Å². The van der Waals surface area contributed by atoms with Gasteiger partial charge in [-0.1, -0.05) is 0 Å². The summed E-state index contributed by atoms with van der Waals surface area (Å²) in [6, 6.07) is 0.331. The number of rotatable bonds is 6. The van der Waals surface area contributed by atoms with Gasteiger partial charge in [0.1, 0.15) is 0 Å². The zero-order chi connectivity index (χ0) is 13.7. The summed E-state index contributed by atoms with van der Waals surface area (Å²) >= 11 is 0. The third-order valence-corrected chi connectivity index (χ3v) is 3.17. The van der Waals surface area contributed by atoms with E-state index >= 15 is 0 Å². The number of anilines is 2. The van der Waals surface area contributed by atoms with Crippen LogP contribution in [-0.2, 0) is 0 Å². The molecule has 1 atom stereocenters. The smallest absolute Gasteiger partial charge is 0.322 e. The summed E-state index contributed by atoms with van der Waals surface area (Å²) in [5.41, 5.74) is 0. The molecule has 0 saturated carbocycles. The van der Waals surface area contributed by atoms with Gasteiger partial charge in [-0.25, -0.2) is 0 Å². The number of likely N-dealkylation sites (tertiary alicyclic amines) is 1. The zero-order valence-electron chi connectivity index (χ0n) is 11.8. The molecule has 1 aliphatic heterocycles. The molecule has 0 amide bonds. The van der Waals surface area contributed by atoms with E-state index in [0.717, 1.165) is 26.2 Å². The fourth-order valence-electron chi connectivity index (χ4n) is 2.19. The van der Waals surface area contributed by atoms with Gasteiger partial charge < -0.3 is 20.3 Å². The summed E-state index contributed by atoms with van der Waals surface area (Å²) in [5, 5.41) is 6.34. The number of ether oxygens (including phenoxy) is 1. The fourth-order valence-corrected chi connectivity index (χ4v) is 2.19. The minimum absolute atomic E-state index is 0.331. The molecule has 2 N–H and O–H groups in total. The summed E-state index contributed by atoms with van der Waals surface area (Å²) in [7, 11) is 3.70. The summed E-state index contributed by atoms with van der Waals surface area (Å²) in [6.45, 7) is 5.92. The summed E-state index contributed by atoms with van der Waals surface area (Å²) < 4.78 is 5.08. The molecule has 1 saturated heterocycles. The van der Waals surface area contributed by atoms with Crippen LogP contribution in [0.4, 0.5) is 11.9 Å². The summed E-state index contributed by atoms with van der Waals surface area (Å²) in [4.78, 5) is 15.0. The van der Waals surface area contributed by atoms with Gasteiger partial charge in [-0.05, 0) is 32.9 Å². The summed E-state index contributed by atoms with van der Waals surface area (Å²) in [5.74, 6) is 1.76. The Morgan fingerprint density at radius 3 is 2.58 bits per heavy atom. The van der Waals surface area contributed by atoms with Gasteiger partial charge in [0.25, 0.3) is 0 Å². The normalized spacial score (nSPS) is 19.4. The topological polar surface area (TPSA) is 75.2 Å². The number of aromatic nitrogens is 3. The first-order valence-corrected chi connectivity index (χ1v) is 6.67. The molecule has 0 radical (unpaired) electrons. The molecule has 1 aromatic rings. The van der Waals surface area contributed by atoms with Gasteiger partial charge in [0.15, 0.2) is 0 Å². The predicted molar refractivity (Wildman–Crippen MR) is 74.6 cm³/mol. The molecular formula is C12H22N6O. The van der Waals surface area contributed by atoms with Crippen LogP contribution >= 0.6 is 0 Å². The molecule has 7 nitrogen and oxygen atoms in total. The van der Waals surface area contributed by atoms with Crippen LogP contribution in [0.15, 0.2) is 0 Å². The fraction of sp³-hybridized carbons (Fsp3) is 0.750. The van der Waals surface area contributed by atoms with E-state index in [1.807, 2.05) is 6.92 Å².